The van der Waals surface area contributed by atoms with E-state index < -0.39 is 0 Å². The van der Waals surface area contributed by atoms with Crippen LogP contribution >= 0.6 is 0 Å². The van der Waals surface area contributed by atoms with Crippen LogP contribution in [0.1, 0.15) is 12.0 Å². The first-order valence-corrected chi connectivity index (χ1v) is 16.7. The van der Waals surface area contributed by atoms with E-state index in [2.05, 4.69) is 140 Å². The molecule has 1 unspecified atom stereocenters. The zero-order valence-corrected chi connectivity index (χ0v) is 26.0. The summed E-state index contributed by atoms with van der Waals surface area (Å²) >= 11 is 0. The minimum absolute atomic E-state index is 0.419. The summed E-state index contributed by atoms with van der Waals surface area (Å²) in [4.78, 5) is 0. The molecule has 2 aliphatic carbocycles. The first-order chi connectivity index (χ1) is 23.8. The Kier molecular flexibility index (Phi) is 5.25. The van der Waals surface area contributed by atoms with E-state index in [1.54, 1.807) is 0 Å². The van der Waals surface area contributed by atoms with E-state index in [9.17, 15) is 0 Å². The smallest absolute Gasteiger partial charge is 0.143 e. The zero-order valence-electron chi connectivity index (χ0n) is 26.0. The van der Waals surface area contributed by atoms with Gasteiger partial charge in [-0.05, 0) is 97.6 Å². The fourth-order valence-electron chi connectivity index (χ4n) is 8.37. The van der Waals surface area contributed by atoms with Gasteiger partial charge < -0.3 is 8.83 Å². The molecule has 2 nitrogen and oxygen atoms in total. The summed E-state index contributed by atoms with van der Waals surface area (Å²) in [5.74, 6) is 0.419. The molecular weight excluding hydrogens is 585 g/mol. The van der Waals surface area contributed by atoms with E-state index in [0.29, 0.717) is 5.92 Å². The lowest BCUT2D eigenvalue weighted by Crippen LogP contribution is -2.07. The lowest BCUT2D eigenvalue weighted by Gasteiger charge is -2.25. The van der Waals surface area contributed by atoms with E-state index in [4.69, 9.17) is 8.83 Å². The van der Waals surface area contributed by atoms with Crippen LogP contribution in [0.25, 0.3) is 92.9 Å². The number of hydrogen-bond donors (Lipinski definition) is 0. The molecule has 0 amide bonds. The maximum absolute atomic E-state index is 6.63. The molecule has 224 valence electrons. The number of allylic oxidation sites excluding steroid dienone is 8. The van der Waals surface area contributed by atoms with Crippen LogP contribution in [0.2, 0.25) is 0 Å². The van der Waals surface area contributed by atoms with Gasteiger partial charge in [0.25, 0.3) is 0 Å². The quantitative estimate of drug-likeness (QED) is 0.182. The van der Waals surface area contributed by atoms with E-state index in [1.165, 1.54) is 49.4 Å². The number of benzene rings is 7. The molecule has 0 saturated heterocycles. The van der Waals surface area contributed by atoms with Crippen molar-refractivity contribution in [3.8, 4) is 11.1 Å². The van der Waals surface area contributed by atoms with Gasteiger partial charge in [-0.1, -0.05) is 115 Å². The molecule has 0 N–H and O–H groups in total. The van der Waals surface area contributed by atoms with Crippen molar-refractivity contribution in [1.82, 2.24) is 0 Å². The predicted molar refractivity (Wildman–Crippen MR) is 201 cm³/mol. The maximum atomic E-state index is 6.63. The van der Waals surface area contributed by atoms with Gasteiger partial charge in [0.15, 0.2) is 0 Å². The Bertz CT molecular complexity index is 2920. The molecular formula is C46H28O2. The van der Waals surface area contributed by atoms with Crippen molar-refractivity contribution in [3.05, 3.63) is 163 Å². The summed E-state index contributed by atoms with van der Waals surface area (Å²) in [5.41, 5.74) is 10.2. The Hall–Kier alpha value is -6.12. The second-order valence-corrected chi connectivity index (χ2v) is 13.2. The van der Waals surface area contributed by atoms with Crippen LogP contribution in [0.3, 0.4) is 0 Å². The molecule has 1 atom stereocenters. The molecule has 0 spiro atoms. The normalized spacial score (nSPS) is 16.1. The predicted octanol–water partition coefficient (Wildman–Crippen LogP) is 13.1. The highest BCUT2D eigenvalue weighted by Crippen LogP contribution is 2.46. The van der Waals surface area contributed by atoms with Crippen LogP contribution in [0, 0.1) is 5.92 Å². The first kappa shape index (κ1) is 26.0. The molecule has 2 aromatic heterocycles. The molecule has 0 fully saturated rings. The van der Waals surface area contributed by atoms with Crippen molar-refractivity contribution >= 4 is 81.8 Å². The Morgan fingerprint density at radius 2 is 1.19 bits per heavy atom. The molecule has 0 bridgehead atoms. The highest BCUT2D eigenvalue weighted by Gasteiger charge is 2.23. The second-order valence-electron chi connectivity index (χ2n) is 13.2. The Morgan fingerprint density at radius 1 is 0.479 bits per heavy atom. The number of rotatable bonds is 2. The Labute approximate surface area is 276 Å². The summed E-state index contributed by atoms with van der Waals surface area (Å²) in [7, 11) is 0. The van der Waals surface area contributed by atoms with E-state index in [1.807, 2.05) is 12.1 Å². The van der Waals surface area contributed by atoms with Crippen LogP contribution in [-0.4, -0.2) is 0 Å². The van der Waals surface area contributed by atoms with Crippen molar-refractivity contribution in [1.29, 1.82) is 0 Å². The standard InChI is InChI=1S/C46H28O2/c1-2-10-28-23-30(18-17-27(28)9-1)44-33-12-3-5-14-35(33)45(36-15-6-4-13-34(36)44)31-20-22-42-40(25-31)37-21-19-29-24-39-32-11-7-8-16-41(32)47-43(39)26-38(29)46(37)48-42/h1-22,24-26,28H,23H2. The summed E-state index contributed by atoms with van der Waals surface area (Å²) < 4.78 is 12.9. The second kappa shape index (κ2) is 9.70. The molecule has 48 heavy (non-hydrogen) atoms. The van der Waals surface area contributed by atoms with E-state index >= 15 is 0 Å². The molecule has 0 radical (unpaired) electrons. The lowest BCUT2D eigenvalue weighted by atomic mass is 9.79. The molecule has 2 heteroatoms. The third-order valence-corrected chi connectivity index (χ3v) is 10.6. The van der Waals surface area contributed by atoms with Gasteiger partial charge in [-0.25, -0.2) is 0 Å². The monoisotopic (exact) mass is 612 g/mol. The van der Waals surface area contributed by atoms with Crippen LogP contribution in [0.4, 0.5) is 0 Å². The minimum Gasteiger partial charge on any atom is -0.456 e. The summed E-state index contributed by atoms with van der Waals surface area (Å²) in [6.07, 6.45) is 14.6. The highest BCUT2D eigenvalue weighted by molar-refractivity contribution is 6.22. The van der Waals surface area contributed by atoms with Crippen molar-refractivity contribution in [2.45, 2.75) is 6.42 Å². The van der Waals surface area contributed by atoms with Gasteiger partial charge in [0.2, 0.25) is 0 Å². The largest absolute Gasteiger partial charge is 0.456 e. The molecule has 9 aromatic rings. The summed E-state index contributed by atoms with van der Waals surface area (Å²) in [6, 6.07) is 41.6. The molecule has 0 saturated carbocycles. The fourth-order valence-corrected chi connectivity index (χ4v) is 8.37. The maximum Gasteiger partial charge on any atom is 0.143 e. The molecule has 7 aromatic carbocycles. The van der Waals surface area contributed by atoms with Gasteiger partial charge in [-0.3, -0.25) is 0 Å². The van der Waals surface area contributed by atoms with Crippen molar-refractivity contribution < 1.29 is 8.83 Å². The van der Waals surface area contributed by atoms with Crippen LogP contribution in [-0.2, 0) is 0 Å². The molecule has 2 heterocycles. The van der Waals surface area contributed by atoms with Gasteiger partial charge in [0.05, 0.1) is 0 Å². The van der Waals surface area contributed by atoms with Crippen LogP contribution in [0.5, 0.6) is 0 Å². The third-order valence-electron chi connectivity index (χ3n) is 10.6. The van der Waals surface area contributed by atoms with E-state index in [0.717, 1.165) is 61.1 Å². The van der Waals surface area contributed by atoms with Crippen LogP contribution in [0.15, 0.2) is 166 Å². The lowest BCUT2D eigenvalue weighted by molar-refractivity contribution is 0.667. The Morgan fingerprint density at radius 3 is 2.00 bits per heavy atom. The van der Waals surface area contributed by atoms with Gasteiger partial charge in [0.1, 0.15) is 22.3 Å². The highest BCUT2D eigenvalue weighted by atomic mass is 16.3. The van der Waals surface area contributed by atoms with Crippen molar-refractivity contribution in [2.24, 2.45) is 5.92 Å². The van der Waals surface area contributed by atoms with E-state index in [-0.39, 0.29) is 0 Å². The van der Waals surface area contributed by atoms with Crippen LogP contribution < -0.4 is 0 Å². The van der Waals surface area contributed by atoms with Crippen molar-refractivity contribution in [2.75, 3.05) is 0 Å². The SMILES string of the molecule is C1=CC2=CC=C(c3c4ccccc4c(-c4ccc5oc6c7cc8oc9ccccc9c8cc7ccc6c5c4)c4ccccc34)CC2C=C1. The fraction of sp³-hybridized carbons (Fsp3) is 0.0435. The average molecular weight is 613 g/mol. The molecule has 2 aliphatic rings. The number of para-hydroxylation sites is 1. The molecule has 0 aliphatic heterocycles. The van der Waals surface area contributed by atoms with Gasteiger partial charge in [0, 0.05) is 32.8 Å². The number of furan rings is 2. The number of fused-ring (bicyclic) bond motifs is 11. The van der Waals surface area contributed by atoms with Gasteiger partial charge >= 0.3 is 0 Å². The van der Waals surface area contributed by atoms with Crippen molar-refractivity contribution in [3.63, 3.8) is 0 Å². The minimum atomic E-state index is 0.419. The van der Waals surface area contributed by atoms with Gasteiger partial charge in [-0.2, -0.15) is 0 Å². The first-order valence-electron chi connectivity index (χ1n) is 16.7. The number of hydrogen-bond acceptors (Lipinski definition) is 2. The summed E-state index contributed by atoms with van der Waals surface area (Å²) in [6.45, 7) is 0. The summed E-state index contributed by atoms with van der Waals surface area (Å²) in [5, 5.41) is 11.8. The average Bonchev–Trinajstić information content (AvgIpc) is 3.70. The topological polar surface area (TPSA) is 26.3 Å². The molecule has 11 rings (SSSR count). The zero-order chi connectivity index (χ0) is 31.3. The Balaban J connectivity index is 1.15. The third kappa shape index (κ3) is 3.63. The van der Waals surface area contributed by atoms with Gasteiger partial charge in [-0.15, -0.1) is 0 Å².